The fourth-order valence-electron chi connectivity index (χ4n) is 1.29. The summed E-state index contributed by atoms with van der Waals surface area (Å²) >= 11 is 0. The zero-order valence-corrected chi connectivity index (χ0v) is 8.06. The molecule has 2 heterocycles. The van der Waals surface area contributed by atoms with Gasteiger partial charge in [0.2, 0.25) is 0 Å². The van der Waals surface area contributed by atoms with Crippen molar-refractivity contribution in [3.8, 4) is 0 Å². The highest BCUT2D eigenvalue weighted by Gasteiger charge is 2.07. The highest BCUT2D eigenvalue weighted by molar-refractivity contribution is 5.68. The summed E-state index contributed by atoms with van der Waals surface area (Å²) in [6.07, 6.45) is 3.11. The Balaban J connectivity index is 2.77. The Hall–Kier alpha value is -1.85. The molecular formula is C8H11N5O. The van der Waals surface area contributed by atoms with Crippen molar-refractivity contribution in [3.63, 3.8) is 0 Å². The van der Waals surface area contributed by atoms with Crippen LogP contribution in [0.1, 0.15) is 6.92 Å². The predicted octanol–water partition coefficient (Wildman–Crippen LogP) is -0.302. The molecule has 0 bridgehead atoms. The van der Waals surface area contributed by atoms with E-state index in [2.05, 4.69) is 9.97 Å². The molecule has 2 rings (SSSR count). The van der Waals surface area contributed by atoms with E-state index in [1.807, 2.05) is 14.0 Å². The summed E-state index contributed by atoms with van der Waals surface area (Å²) in [4.78, 5) is 13.3. The summed E-state index contributed by atoms with van der Waals surface area (Å²) in [5.41, 5.74) is 1.46. The number of nitrogens with zero attached hydrogens (tertiary/aromatic N) is 4. The van der Waals surface area contributed by atoms with E-state index in [1.54, 1.807) is 17.2 Å². The molecule has 0 fully saturated rings. The number of hydrogen-bond donors (Lipinski definition) is 1. The van der Waals surface area contributed by atoms with Gasteiger partial charge >= 0.3 is 0 Å². The lowest BCUT2D eigenvalue weighted by molar-refractivity contribution is 0.130. The van der Waals surface area contributed by atoms with Crippen LogP contribution >= 0.6 is 0 Å². The Morgan fingerprint density at radius 2 is 2.21 bits per heavy atom. The van der Waals surface area contributed by atoms with Crippen LogP contribution in [0.4, 0.5) is 0 Å². The molecule has 0 unspecified atom stereocenters. The second-order valence-corrected chi connectivity index (χ2v) is 2.86. The topological polar surface area (TPSA) is 68.7 Å². The summed E-state index contributed by atoms with van der Waals surface area (Å²) in [6.45, 7) is 2.41. The number of nitrogens with one attached hydrogen (secondary N) is 1. The summed E-state index contributed by atoms with van der Waals surface area (Å²) < 4.78 is 3.23. The second-order valence-electron chi connectivity index (χ2n) is 2.86. The number of hydrogen-bond acceptors (Lipinski definition) is 4. The maximum atomic E-state index is 7.63. The molecule has 6 nitrogen and oxygen atoms in total. The van der Waals surface area contributed by atoms with Gasteiger partial charge in [-0.25, -0.2) is 9.97 Å². The Morgan fingerprint density at radius 1 is 1.43 bits per heavy atom. The molecule has 0 radical (unpaired) electrons. The van der Waals surface area contributed by atoms with Crippen LogP contribution in [-0.2, 0) is 7.05 Å². The highest BCUT2D eigenvalue weighted by Crippen LogP contribution is 2.03. The third kappa shape index (κ3) is 1.15. The van der Waals surface area contributed by atoms with Crippen LogP contribution in [0.15, 0.2) is 12.7 Å². The Kier molecular flexibility index (Phi) is 1.95. The van der Waals surface area contributed by atoms with Gasteiger partial charge in [0.15, 0.2) is 16.7 Å². The molecule has 0 aromatic carbocycles. The third-order valence-corrected chi connectivity index (χ3v) is 1.90. The van der Waals surface area contributed by atoms with Gasteiger partial charge < -0.3 is 9.40 Å². The minimum Gasteiger partial charge on any atom is -0.412 e. The number of rotatable bonds is 2. The van der Waals surface area contributed by atoms with E-state index in [-0.39, 0.29) is 5.49 Å². The Bertz CT molecular complexity index is 512. The van der Waals surface area contributed by atoms with Crippen LogP contribution in [0.25, 0.3) is 11.2 Å². The zero-order valence-electron chi connectivity index (χ0n) is 8.06. The number of imidazole rings is 1. The smallest absolute Gasteiger partial charge is 0.177 e. The van der Waals surface area contributed by atoms with Crippen LogP contribution in [0.5, 0.6) is 0 Å². The van der Waals surface area contributed by atoms with Crippen LogP contribution in [0, 0.1) is 5.41 Å². The van der Waals surface area contributed by atoms with Crippen molar-refractivity contribution in [2.45, 2.75) is 6.92 Å². The highest BCUT2D eigenvalue weighted by atomic mass is 16.7. The molecule has 0 spiro atoms. The molecule has 0 saturated carbocycles. The maximum absolute atomic E-state index is 7.63. The first-order valence-corrected chi connectivity index (χ1v) is 4.30. The second kappa shape index (κ2) is 3.13. The van der Waals surface area contributed by atoms with Gasteiger partial charge in [-0.2, -0.15) is 4.73 Å². The lowest BCUT2D eigenvalue weighted by Gasteiger charge is -2.03. The first-order valence-electron chi connectivity index (χ1n) is 4.30. The van der Waals surface area contributed by atoms with Gasteiger partial charge in [-0.3, -0.25) is 5.41 Å². The van der Waals surface area contributed by atoms with Crippen molar-refractivity contribution in [1.82, 2.24) is 19.3 Å². The van der Waals surface area contributed by atoms with Gasteiger partial charge in [-0.1, -0.05) is 0 Å². The number of aromatic nitrogens is 4. The van der Waals surface area contributed by atoms with E-state index in [4.69, 9.17) is 10.2 Å². The summed E-state index contributed by atoms with van der Waals surface area (Å²) in [5.74, 6) is 0. The van der Waals surface area contributed by atoms with Gasteiger partial charge in [-0.05, 0) is 6.92 Å². The van der Waals surface area contributed by atoms with Crippen molar-refractivity contribution in [2.24, 2.45) is 7.05 Å². The van der Waals surface area contributed by atoms with E-state index >= 15 is 0 Å². The number of aryl methyl sites for hydroxylation is 1. The van der Waals surface area contributed by atoms with Crippen LogP contribution in [0.3, 0.4) is 0 Å². The third-order valence-electron chi connectivity index (χ3n) is 1.90. The van der Waals surface area contributed by atoms with Crippen molar-refractivity contribution in [3.05, 3.63) is 18.1 Å². The van der Waals surface area contributed by atoms with Gasteiger partial charge in [0.25, 0.3) is 0 Å². The molecule has 0 aliphatic rings. The van der Waals surface area contributed by atoms with Gasteiger partial charge in [0.1, 0.15) is 12.9 Å². The number of fused-ring (bicyclic) bond motifs is 1. The molecule has 0 aliphatic heterocycles. The molecule has 0 amide bonds. The van der Waals surface area contributed by atoms with E-state index in [0.717, 1.165) is 0 Å². The summed E-state index contributed by atoms with van der Waals surface area (Å²) in [6, 6.07) is 0. The van der Waals surface area contributed by atoms with Gasteiger partial charge in [0, 0.05) is 7.05 Å². The van der Waals surface area contributed by atoms with Crippen molar-refractivity contribution < 1.29 is 4.84 Å². The molecule has 2 aromatic heterocycles. The molecule has 0 atom stereocenters. The minimum atomic E-state index is 0.170. The first kappa shape index (κ1) is 8.74. The maximum Gasteiger partial charge on any atom is 0.177 e. The molecule has 1 N–H and O–H groups in total. The SMILES string of the molecule is CCOn1cnc2c1c(=N)ncn2C. The van der Waals surface area contributed by atoms with E-state index in [9.17, 15) is 0 Å². The minimum absolute atomic E-state index is 0.170. The largest absolute Gasteiger partial charge is 0.412 e. The Morgan fingerprint density at radius 3 is 2.93 bits per heavy atom. The van der Waals surface area contributed by atoms with Gasteiger partial charge in [0.05, 0.1) is 6.33 Å². The predicted molar refractivity (Wildman–Crippen MR) is 49.5 cm³/mol. The quantitative estimate of drug-likeness (QED) is 0.711. The summed E-state index contributed by atoms with van der Waals surface area (Å²) in [7, 11) is 1.83. The van der Waals surface area contributed by atoms with Crippen molar-refractivity contribution in [2.75, 3.05) is 6.61 Å². The van der Waals surface area contributed by atoms with Gasteiger partial charge in [-0.15, -0.1) is 0 Å². The molecule has 2 aromatic rings. The molecule has 6 heteroatoms. The molecular weight excluding hydrogens is 182 g/mol. The van der Waals surface area contributed by atoms with Crippen LogP contribution in [-0.4, -0.2) is 25.9 Å². The average molecular weight is 193 g/mol. The summed E-state index contributed by atoms with van der Waals surface area (Å²) in [5, 5.41) is 7.63. The lowest BCUT2D eigenvalue weighted by Crippen LogP contribution is -2.18. The lowest BCUT2D eigenvalue weighted by atomic mass is 10.5. The fraction of sp³-hybridized carbons (Fsp3) is 0.375. The van der Waals surface area contributed by atoms with Crippen molar-refractivity contribution >= 4 is 11.2 Å². The average Bonchev–Trinajstić information content (AvgIpc) is 2.58. The van der Waals surface area contributed by atoms with E-state index in [1.165, 1.54) is 4.73 Å². The Labute approximate surface area is 80.2 Å². The molecule has 0 aliphatic carbocycles. The first-order chi connectivity index (χ1) is 6.74. The molecule has 74 valence electrons. The van der Waals surface area contributed by atoms with Crippen LogP contribution in [0.2, 0.25) is 0 Å². The standard InChI is InChI=1S/C8H11N5O/c1-3-14-13-5-11-8-6(13)7(9)10-4-12(8)2/h4-5,9H,3H2,1-2H3. The monoisotopic (exact) mass is 193 g/mol. The zero-order chi connectivity index (χ0) is 10.1. The van der Waals surface area contributed by atoms with E-state index in [0.29, 0.717) is 17.8 Å². The van der Waals surface area contributed by atoms with E-state index < -0.39 is 0 Å². The van der Waals surface area contributed by atoms with Crippen LogP contribution < -0.4 is 10.3 Å². The molecule has 14 heavy (non-hydrogen) atoms. The normalized spacial score (nSPS) is 10.7. The van der Waals surface area contributed by atoms with Crippen molar-refractivity contribution in [1.29, 1.82) is 5.41 Å². The fourth-order valence-corrected chi connectivity index (χ4v) is 1.29. The molecule has 0 saturated heterocycles.